The van der Waals surface area contributed by atoms with Crippen LogP contribution in [0.3, 0.4) is 0 Å². The lowest BCUT2D eigenvalue weighted by atomic mass is 9.85. The molecule has 0 aliphatic rings. The summed E-state index contributed by atoms with van der Waals surface area (Å²) in [4.78, 5) is 0.362. The van der Waals surface area contributed by atoms with Gasteiger partial charge in [-0.3, -0.25) is 0 Å². The van der Waals surface area contributed by atoms with Gasteiger partial charge in [0.1, 0.15) is 0 Å². The van der Waals surface area contributed by atoms with Crippen molar-refractivity contribution in [3.63, 3.8) is 0 Å². The lowest BCUT2D eigenvalue weighted by Crippen LogP contribution is -2.32. The summed E-state index contributed by atoms with van der Waals surface area (Å²) < 4.78 is 26.2. The van der Waals surface area contributed by atoms with Crippen molar-refractivity contribution in [2.75, 3.05) is 13.6 Å². The van der Waals surface area contributed by atoms with Crippen LogP contribution in [0.4, 0.5) is 0 Å². The molecule has 0 saturated heterocycles. The van der Waals surface area contributed by atoms with E-state index in [9.17, 15) is 8.42 Å². The van der Waals surface area contributed by atoms with E-state index in [-0.39, 0.29) is 5.41 Å². The molecule has 19 heavy (non-hydrogen) atoms. The van der Waals surface area contributed by atoms with E-state index in [1.165, 1.54) is 4.31 Å². The highest BCUT2D eigenvalue weighted by Gasteiger charge is 2.24. The lowest BCUT2D eigenvalue weighted by Gasteiger charge is -2.26. The Bertz CT molecular complexity index is 489. The first-order valence-corrected chi connectivity index (χ1v) is 8.08. The predicted molar refractivity (Wildman–Crippen MR) is 79.5 cm³/mol. The highest BCUT2D eigenvalue weighted by Crippen LogP contribution is 2.25. The fourth-order valence-corrected chi connectivity index (χ4v) is 3.73. The molecule has 0 unspecified atom stereocenters. The van der Waals surface area contributed by atoms with Crippen molar-refractivity contribution in [3.05, 3.63) is 30.3 Å². The summed E-state index contributed by atoms with van der Waals surface area (Å²) in [5.74, 6) is 0.337. The van der Waals surface area contributed by atoms with Gasteiger partial charge in [0.25, 0.3) is 0 Å². The Labute approximate surface area is 117 Å². The molecule has 1 rings (SSSR count). The van der Waals surface area contributed by atoms with E-state index in [1.54, 1.807) is 31.3 Å². The Morgan fingerprint density at radius 3 is 2.16 bits per heavy atom. The van der Waals surface area contributed by atoms with Crippen LogP contribution in [0, 0.1) is 11.3 Å². The predicted octanol–water partition coefficient (Wildman–Crippen LogP) is 3.38. The maximum Gasteiger partial charge on any atom is 0.242 e. The van der Waals surface area contributed by atoms with E-state index >= 15 is 0 Å². The molecule has 4 heteroatoms. The molecule has 0 N–H and O–H groups in total. The fourth-order valence-electron chi connectivity index (χ4n) is 2.42. The molecule has 1 aromatic rings. The van der Waals surface area contributed by atoms with E-state index in [0.29, 0.717) is 17.4 Å². The molecule has 3 nitrogen and oxygen atoms in total. The van der Waals surface area contributed by atoms with Crippen molar-refractivity contribution in [2.45, 2.75) is 39.0 Å². The summed E-state index contributed by atoms with van der Waals surface area (Å²) >= 11 is 0. The van der Waals surface area contributed by atoms with Crippen LogP contribution in [-0.4, -0.2) is 26.3 Å². The zero-order valence-electron chi connectivity index (χ0n) is 12.6. The summed E-state index contributed by atoms with van der Waals surface area (Å²) in [5, 5.41) is 0. The zero-order valence-corrected chi connectivity index (χ0v) is 13.4. The summed E-state index contributed by atoms with van der Waals surface area (Å²) in [5.41, 5.74) is 0.219. The topological polar surface area (TPSA) is 37.4 Å². The Morgan fingerprint density at radius 1 is 1.16 bits per heavy atom. The molecule has 0 radical (unpaired) electrons. The second kappa shape index (κ2) is 6.06. The maximum atomic E-state index is 12.4. The van der Waals surface area contributed by atoms with Crippen LogP contribution in [0.5, 0.6) is 0 Å². The molecular formula is C15H25NO2S. The van der Waals surface area contributed by atoms with E-state index < -0.39 is 10.0 Å². The molecule has 0 aromatic heterocycles. The van der Waals surface area contributed by atoms with Gasteiger partial charge in [-0.15, -0.1) is 0 Å². The summed E-state index contributed by atoms with van der Waals surface area (Å²) in [6.07, 6.45) is 1.00. The Morgan fingerprint density at radius 2 is 1.68 bits per heavy atom. The first-order chi connectivity index (χ1) is 8.63. The fraction of sp³-hybridized carbons (Fsp3) is 0.600. The van der Waals surface area contributed by atoms with Gasteiger partial charge in [0.15, 0.2) is 0 Å². The molecule has 0 heterocycles. The average Bonchev–Trinajstić information content (AvgIpc) is 2.27. The van der Waals surface area contributed by atoms with Gasteiger partial charge in [-0.25, -0.2) is 12.7 Å². The third kappa shape index (κ3) is 4.96. The Hall–Kier alpha value is -0.870. The third-order valence-electron chi connectivity index (χ3n) is 2.98. The summed E-state index contributed by atoms with van der Waals surface area (Å²) in [6, 6.07) is 8.60. The van der Waals surface area contributed by atoms with Crippen LogP contribution >= 0.6 is 0 Å². The molecule has 0 saturated carbocycles. The molecule has 0 aliphatic heterocycles. The summed E-state index contributed by atoms with van der Waals surface area (Å²) in [6.45, 7) is 9.18. The molecular weight excluding hydrogens is 258 g/mol. The number of hydrogen-bond acceptors (Lipinski definition) is 2. The third-order valence-corrected chi connectivity index (χ3v) is 4.82. The smallest absolute Gasteiger partial charge is 0.207 e. The number of benzene rings is 1. The average molecular weight is 283 g/mol. The van der Waals surface area contributed by atoms with E-state index in [0.717, 1.165) is 6.42 Å². The van der Waals surface area contributed by atoms with Gasteiger partial charge in [0, 0.05) is 13.6 Å². The molecule has 0 spiro atoms. The van der Waals surface area contributed by atoms with Gasteiger partial charge >= 0.3 is 0 Å². The molecule has 1 aromatic carbocycles. The van der Waals surface area contributed by atoms with Gasteiger partial charge in [0.05, 0.1) is 4.90 Å². The second-order valence-corrected chi connectivity index (χ2v) is 8.51. The van der Waals surface area contributed by atoms with Crippen molar-refractivity contribution in [2.24, 2.45) is 11.3 Å². The molecule has 108 valence electrons. The summed E-state index contributed by atoms with van der Waals surface area (Å²) in [7, 11) is -1.70. The van der Waals surface area contributed by atoms with E-state index in [2.05, 4.69) is 27.7 Å². The first kappa shape index (κ1) is 16.2. The standard InChI is InChI=1S/C15H25NO2S/c1-13(11-15(2,3)4)12-16(5)19(17,18)14-9-7-6-8-10-14/h6-10,13H,11-12H2,1-5H3/t13-/m0/s1. The molecule has 0 aliphatic carbocycles. The van der Waals surface area contributed by atoms with Crippen LogP contribution < -0.4 is 0 Å². The number of nitrogens with zero attached hydrogens (tertiary/aromatic N) is 1. The minimum Gasteiger partial charge on any atom is -0.207 e. The van der Waals surface area contributed by atoms with Crippen LogP contribution in [0.25, 0.3) is 0 Å². The maximum absolute atomic E-state index is 12.4. The van der Waals surface area contributed by atoms with Gasteiger partial charge < -0.3 is 0 Å². The molecule has 0 amide bonds. The normalized spacial score (nSPS) is 14.6. The molecule has 0 fully saturated rings. The van der Waals surface area contributed by atoms with Crippen LogP contribution in [0.2, 0.25) is 0 Å². The quantitative estimate of drug-likeness (QED) is 0.830. The largest absolute Gasteiger partial charge is 0.242 e. The van der Waals surface area contributed by atoms with Crippen molar-refractivity contribution >= 4 is 10.0 Å². The highest BCUT2D eigenvalue weighted by atomic mass is 32.2. The Balaban J connectivity index is 2.76. The SMILES string of the molecule is C[C@H](CN(C)S(=O)(=O)c1ccccc1)CC(C)(C)C. The number of sulfonamides is 1. The minimum atomic E-state index is -3.36. The van der Waals surface area contributed by atoms with Crippen molar-refractivity contribution < 1.29 is 8.42 Å². The second-order valence-electron chi connectivity index (χ2n) is 6.47. The minimum absolute atomic E-state index is 0.219. The molecule has 0 bridgehead atoms. The Kier molecular flexibility index (Phi) is 5.16. The highest BCUT2D eigenvalue weighted by molar-refractivity contribution is 7.89. The van der Waals surface area contributed by atoms with E-state index in [4.69, 9.17) is 0 Å². The van der Waals surface area contributed by atoms with Crippen molar-refractivity contribution in [1.29, 1.82) is 0 Å². The van der Waals surface area contributed by atoms with Crippen molar-refractivity contribution in [3.8, 4) is 0 Å². The van der Waals surface area contributed by atoms with Gasteiger partial charge in [0.2, 0.25) is 10.0 Å². The first-order valence-electron chi connectivity index (χ1n) is 6.64. The number of hydrogen-bond donors (Lipinski definition) is 0. The van der Waals surface area contributed by atoms with Crippen LogP contribution in [0.1, 0.15) is 34.1 Å². The van der Waals surface area contributed by atoms with E-state index in [1.807, 2.05) is 6.07 Å². The van der Waals surface area contributed by atoms with Crippen LogP contribution in [-0.2, 0) is 10.0 Å². The van der Waals surface area contributed by atoms with Gasteiger partial charge in [-0.2, -0.15) is 0 Å². The number of rotatable bonds is 5. The lowest BCUT2D eigenvalue weighted by molar-refractivity contribution is 0.276. The van der Waals surface area contributed by atoms with Crippen LogP contribution in [0.15, 0.2) is 35.2 Å². The van der Waals surface area contributed by atoms with Crippen molar-refractivity contribution in [1.82, 2.24) is 4.31 Å². The molecule has 1 atom stereocenters. The monoisotopic (exact) mass is 283 g/mol. The zero-order chi connectivity index (χ0) is 14.7. The van der Waals surface area contributed by atoms with Gasteiger partial charge in [-0.05, 0) is 29.9 Å². The van der Waals surface area contributed by atoms with Gasteiger partial charge in [-0.1, -0.05) is 45.9 Å².